The van der Waals surface area contributed by atoms with Crippen LogP contribution in [0.15, 0.2) is 48.8 Å². The van der Waals surface area contributed by atoms with Crippen LogP contribution in [-0.4, -0.2) is 47.3 Å². The molecule has 116 valence electrons. The van der Waals surface area contributed by atoms with Gasteiger partial charge in [-0.05, 0) is 38.1 Å². The van der Waals surface area contributed by atoms with E-state index in [1.807, 2.05) is 42.6 Å². The topological polar surface area (TPSA) is 45.6 Å². The molecule has 2 aromatic rings. The van der Waals surface area contributed by atoms with Gasteiger partial charge in [-0.1, -0.05) is 24.3 Å². The minimum atomic E-state index is -0.458. The first-order chi connectivity index (χ1) is 10.8. The Morgan fingerprint density at radius 2 is 1.95 bits per heavy atom. The molecule has 1 atom stereocenters. The third kappa shape index (κ3) is 3.84. The lowest BCUT2D eigenvalue weighted by molar-refractivity contribution is 0.0760. The molecular weight excluding hydrogens is 276 g/mol. The number of benzene rings is 1. The summed E-state index contributed by atoms with van der Waals surface area (Å²) in [6.45, 7) is 3.18. The highest BCUT2D eigenvalue weighted by atomic mass is 16.5. The number of β-amino-alcohol motifs (C(OH)–C–C–N with tert-alkyl or cyclic N) is 1. The van der Waals surface area contributed by atoms with E-state index < -0.39 is 6.10 Å². The summed E-state index contributed by atoms with van der Waals surface area (Å²) >= 11 is 0. The molecule has 3 rings (SSSR count). The monoisotopic (exact) mass is 298 g/mol. The quantitative estimate of drug-likeness (QED) is 0.890. The normalized spacial score (nSPS) is 16.6. The van der Waals surface area contributed by atoms with E-state index in [9.17, 15) is 5.11 Å². The smallest absolute Gasteiger partial charge is 0.127 e. The van der Waals surface area contributed by atoms with Crippen molar-refractivity contribution >= 4 is 0 Å². The summed E-state index contributed by atoms with van der Waals surface area (Å²) in [5, 5.41) is 10.2. The minimum Gasteiger partial charge on any atom is -0.490 e. The number of nitrogens with zero attached hydrogens (tertiary/aromatic N) is 2. The number of aliphatic hydroxyl groups is 1. The van der Waals surface area contributed by atoms with Crippen LogP contribution in [0.1, 0.15) is 12.8 Å². The average Bonchev–Trinajstić information content (AvgIpc) is 3.07. The zero-order valence-electron chi connectivity index (χ0n) is 12.7. The Labute approximate surface area is 131 Å². The van der Waals surface area contributed by atoms with Crippen LogP contribution in [0.4, 0.5) is 0 Å². The third-order valence-electron chi connectivity index (χ3n) is 3.96. The molecule has 0 saturated carbocycles. The second-order valence-corrected chi connectivity index (χ2v) is 5.71. The number of ether oxygens (including phenoxy) is 1. The second kappa shape index (κ2) is 7.38. The van der Waals surface area contributed by atoms with Gasteiger partial charge < -0.3 is 14.7 Å². The number of rotatable bonds is 6. The van der Waals surface area contributed by atoms with Crippen LogP contribution in [0.3, 0.4) is 0 Å². The Morgan fingerprint density at radius 3 is 2.73 bits per heavy atom. The number of hydrogen-bond acceptors (Lipinski definition) is 4. The van der Waals surface area contributed by atoms with Gasteiger partial charge in [0.25, 0.3) is 0 Å². The van der Waals surface area contributed by atoms with Gasteiger partial charge in [0.15, 0.2) is 0 Å². The Hall–Kier alpha value is -1.91. The van der Waals surface area contributed by atoms with Gasteiger partial charge in [0.05, 0.1) is 0 Å². The first-order valence-electron chi connectivity index (χ1n) is 7.85. The molecule has 4 nitrogen and oxygen atoms in total. The minimum absolute atomic E-state index is 0.313. The molecule has 1 fully saturated rings. The molecule has 1 N–H and O–H groups in total. The number of likely N-dealkylation sites (tertiary alicyclic amines) is 1. The zero-order chi connectivity index (χ0) is 15.2. The predicted octanol–water partition coefficient (Wildman–Crippen LogP) is 2.58. The lowest BCUT2D eigenvalue weighted by Crippen LogP contribution is -2.33. The SMILES string of the molecule is OC(COc1ccccc1-c1cccnc1)CN1CCCC1. The van der Waals surface area contributed by atoms with E-state index in [1.54, 1.807) is 6.20 Å². The Balaban J connectivity index is 1.63. The van der Waals surface area contributed by atoms with Gasteiger partial charge in [0.1, 0.15) is 18.5 Å². The molecule has 22 heavy (non-hydrogen) atoms. The van der Waals surface area contributed by atoms with Crippen molar-refractivity contribution in [3.8, 4) is 16.9 Å². The van der Waals surface area contributed by atoms with Crippen molar-refractivity contribution < 1.29 is 9.84 Å². The molecule has 0 radical (unpaired) electrons. The second-order valence-electron chi connectivity index (χ2n) is 5.71. The molecule has 1 saturated heterocycles. The van der Waals surface area contributed by atoms with Crippen molar-refractivity contribution in [2.24, 2.45) is 0 Å². The van der Waals surface area contributed by atoms with Crippen LogP contribution >= 0.6 is 0 Å². The highest BCUT2D eigenvalue weighted by Gasteiger charge is 2.16. The fraction of sp³-hybridized carbons (Fsp3) is 0.389. The van der Waals surface area contributed by atoms with Gasteiger partial charge in [-0.15, -0.1) is 0 Å². The van der Waals surface area contributed by atoms with E-state index in [0.717, 1.165) is 30.0 Å². The first-order valence-corrected chi connectivity index (χ1v) is 7.85. The van der Waals surface area contributed by atoms with Gasteiger partial charge in [-0.3, -0.25) is 4.98 Å². The number of hydrogen-bond donors (Lipinski definition) is 1. The van der Waals surface area contributed by atoms with Crippen molar-refractivity contribution in [3.05, 3.63) is 48.8 Å². The Morgan fingerprint density at radius 1 is 1.14 bits per heavy atom. The summed E-state index contributed by atoms with van der Waals surface area (Å²) < 4.78 is 5.86. The Kier molecular flexibility index (Phi) is 5.03. The molecule has 0 spiro atoms. The maximum atomic E-state index is 10.2. The maximum absolute atomic E-state index is 10.2. The molecule has 0 bridgehead atoms. The van der Waals surface area contributed by atoms with Crippen molar-refractivity contribution in [3.63, 3.8) is 0 Å². The van der Waals surface area contributed by atoms with Crippen LogP contribution in [0, 0.1) is 0 Å². The third-order valence-corrected chi connectivity index (χ3v) is 3.96. The lowest BCUT2D eigenvalue weighted by Gasteiger charge is -2.20. The van der Waals surface area contributed by atoms with E-state index in [2.05, 4.69) is 9.88 Å². The standard InChI is InChI=1S/C18H22N2O2/c21-16(13-20-10-3-4-11-20)14-22-18-8-2-1-7-17(18)15-6-5-9-19-12-15/h1-2,5-9,12,16,21H,3-4,10-11,13-14H2. The molecule has 4 heteroatoms. The fourth-order valence-corrected chi connectivity index (χ4v) is 2.85. The summed E-state index contributed by atoms with van der Waals surface area (Å²) in [7, 11) is 0. The Bertz CT molecular complexity index is 583. The largest absolute Gasteiger partial charge is 0.490 e. The summed E-state index contributed by atoms with van der Waals surface area (Å²) in [5.41, 5.74) is 2.02. The van der Waals surface area contributed by atoms with Crippen LogP contribution in [0.25, 0.3) is 11.1 Å². The predicted molar refractivity (Wildman–Crippen MR) is 86.8 cm³/mol. The molecule has 2 heterocycles. The number of aliphatic hydroxyl groups excluding tert-OH is 1. The maximum Gasteiger partial charge on any atom is 0.127 e. The summed E-state index contributed by atoms with van der Waals surface area (Å²) in [6.07, 6.45) is 5.59. The molecular formula is C18H22N2O2. The zero-order valence-corrected chi connectivity index (χ0v) is 12.7. The van der Waals surface area contributed by atoms with E-state index >= 15 is 0 Å². The van der Waals surface area contributed by atoms with E-state index in [4.69, 9.17) is 4.74 Å². The molecule has 1 unspecified atom stereocenters. The van der Waals surface area contributed by atoms with Gasteiger partial charge in [0.2, 0.25) is 0 Å². The van der Waals surface area contributed by atoms with Crippen molar-refractivity contribution in [1.29, 1.82) is 0 Å². The summed E-state index contributed by atoms with van der Waals surface area (Å²) in [4.78, 5) is 6.45. The van der Waals surface area contributed by atoms with Gasteiger partial charge >= 0.3 is 0 Å². The van der Waals surface area contributed by atoms with Crippen LogP contribution in [-0.2, 0) is 0 Å². The van der Waals surface area contributed by atoms with Gasteiger partial charge in [0, 0.05) is 30.1 Å². The highest BCUT2D eigenvalue weighted by molar-refractivity contribution is 5.69. The molecule has 1 aromatic heterocycles. The van der Waals surface area contributed by atoms with Crippen LogP contribution in [0.5, 0.6) is 5.75 Å². The summed E-state index contributed by atoms with van der Waals surface area (Å²) in [5.74, 6) is 0.788. The fourth-order valence-electron chi connectivity index (χ4n) is 2.85. The van der Waals surface area contributed by atoms with Crippen molar-refractivity contribution in [1.82, 2.24) is 9.88 Å². The first kappa shape index (κ1) is 15.0. The summed E-state index contributed by atoms with van der Waals surface area (Å²) in [6, 6.07) is 11.8. The van der Waals surface area contributed by atoms with E-state index in [1.165, 1.54) is 12.8 Å². The number of aromatic nitrogens is 1. The molecule has 0 aliphatic carbocycles. The van der Waals surface area contributed by atoms with Crippen LogP contribution in [0.2, 0.25) is 0 Å². The number of para-hydroxylation sites is 1. The molecule has 0 amide bonds. The van der Waals surface area contributed by atoms with Crippen molar-refractivity contribution in [2.45, 2.75) is 18.9 Å². The molecule has 1 aliphatic rings. The average molecular weight is 298 g/mol. The van der Waals surface area contributed by atoms with Crippen molar-refractivity contribution in [2.75, 3.05) is 26.2 Å². The van der Waals surface area contributed by atoms with E-state index in [-0.39, 0.29) is 0 Å². The van der Waals surface area contributed by atoms with Gasteiger partial charge in [-0.2, -0.15) is 0 Å². The number of pyridine rings is 1. The highest BCUT2D eigenvalue weighted by Crippen LogP contribution is 2.29. The van der Waals surface area contributed by atoms with Gasteiger partial charge in [-0.25, -0.2) is 0 Å². The lowest BCUT2D eigenvalue weighted by atomic mass is 10.1. The molecule has 1 aliphatic heterocycles. The molecule has 1 aromatic carbocycles. The van der Waals surface area contributed by atoms with E-state index in [0.29, 0.717) is 13.2 Å². The van der Waals surface area contributed by atoms with Crippen LogP contribution < -0.4 is 4.74 Å².